The van der Waals surface area contributed by atoms with Gasteiger partial charge in [-0.3, -0.25) is 9.52 Å². The van der Waals surface area contributed by atoms with Crippen LogP contribution in [0.15, 0.2) is 46.2 Å². The predicted molar refractivity (Wildman–Crippen MR) is 107 cm³/mol. The van der Waals surface area contributed by atoms with Crippen LogP contribution < -0.4 is 9.62 Å². The van der Waals surface area contributed by atoms with Crippen LogP contribution in [0.4, 0.5) is 11.4 Å². The summed E-state index contributed by atoms with van der Waals surface area (Å²) in [7, 11) is -3.79. The van der Waals surface area contributed by atoms with Crippen LogP contribution in [0, 0.1) is 6.92 Å². The Balaban J connectivity index is 1.98. The molecule has 5 nitrogen and oxygen atoms in total. The van der Waals surface area contributed by atoms with Crippen LogP contribution in [0.5, 0.6) is 0 Å². The van der Waals surface area contributed by atoms with Crippen LogP contribution in [0.25, 0.3) is 0 Å². The fraction of sp³-hybridized carbons (Fsp3) is 0.278. The Morgan fingerprint density at radius 1 is 1.27 bits per heavy atom. The maximum Gasteiger partial charge on any atom is 0.261 e. The van der Waals surface area contributed by atoms with Crippen molar-refractivity contribution in [3.8, 4) is 0 Å². The topological polar surface area (TPSA) is 66.5 Å². The van der Waals surface area contributed by atoms with Crippen molar-refractivity contribution in [1.82, 2.24) is 0 Å². The van der Waals surface area contributed by atoms with Crippen molar-refractivity contribution in [3.05, 3.63) is 47.0 Å². The highest BCUT2D eigenvalue weighted by atomic mass is 35.5. The molecule has 1 aliphatic rings. The smallest absolute Gasteiger partial charge is 0.261 e. The highest BCUT2D eigenvalue weighted by Gasteiger charge is 2.27. The SMILES string of the molecule is CC(=O)N1C[C@H](C)Sc2ccc(S(=O)(=O)Nc3ccc(Cl)cc3C)cc21. The summed E-state index contributed by atoms with van der Waals surface area (Å²) in [5.41, 5.74) is 1.84. The number of carbonyl (C=O) groups excluding carboxylic acids is 1. The minimum atomic E-state index is -3.79. The van der Waals surface area contributed by atoms with E-state index in [2.05, 4.69) is 4.72 Å². The molecule has 138 valence electrons. The molecule has 1 heterocycles. The Labute approximate surface area is 162 Å². The third-order valence-corrected chi connectivity index (χ3v) is 6.86. The Morgan fingerprint density at radius 2 is 2.00 bits per heavy atom. The molecule has 0 fully saturated rings. The van der Waals surface area contributed by atoms with Gasteiger partial charge in [0, 0.05) is 28.6 Å². The summed E-state index contributed by atoms with van der Waals surface area (Å²) in [6.07, 6.45) is 0. The first-order valence-electron chi connectivity index (χ1n) is 8.05. The van der Waals surface area contributed by atoms with E-state index in [-0.39, 0.29) is 16.1 Å². The first kappa shape index (κ1) is 19.1. The first-order valence-corrected chi connectivity index (χ1v) is 10.8. The van der Waals surface area contributed by atoms with Gasteiger partial charge in [-0.25, -0.2) is 8.42 Å². The van der Waals surface area contributed by atoms with Crippen molar-refractivity contribution < 1.29 is 13.2 Å². The number of hydrogen-bond acceptors (Lipinski definition) is 4. The standard InChI is InChI=1S/C18H19ClN2O3S2/c1-11-8-14(19)4-6-16(11)20-26(23,24)15-5-7-18-17(9-15)21(13(3)22)10-12(2)25-18/h4-9,12,20H,10H2,1-3H3/t12-/m0/s1. The Hall–Kier alpha value is -1.70. The normalized spacial score (nSPS) is 16.9. The molecule has 0 radical (unpaired) electrons. The number of aryl methyl sites for hydroxylation is 1. The van der Waals surface area contributed by atoms with E-state index < -0.39 is 10.0 Å². The van der Waals surface area contributed by atoms with E-state index in [9.17, 15) is 13.2 Å². The number of thioether (sulfide) groups is 1. The molecule has 0 bridgehead atoms. The zero-order chi connectivity index (χ0) is 19.1. The lowest BCUT2D eigenvalue weighted by Crippen LogP contribution is -2.37. The largest absolute Gasteiger partial charge is 0.310 e. The quantitative estimate of drug-likeness (QED) is 0.819. The molecule has 1 amide bonds. The summed E-state index contributed by atoms with van der Waals surface area (Å²) in [4.78, 5) is 14.6. The monoisotopic (exact) mass is 410 g/mol. The second-order valence-corrected chi connectivity index (χ2v) is 9.85. The molecule has 0 saturated carbocycles. The molecule has 0 unspecified atom stereocenters. The molecule has 1 aliphatic heterocycles. The number of anilines is 2. The molecule has 0 aliphatic carbocycles. The Bertz CT molecular complexity index is 976. The lowest BCUT2D eigenvalue weighted by atomic mass is 10.2. The van der Waals surface area contributed by atoms with Crippen molar-refractivity contribution in [2.75, 3.05) is 16.2 Å². The molecule has 3 rings (SSSR count). The number of carbonyl (C=O) groups is 1. The number of halogens is 1. The zero-order valence-electron chi connectivity index (χ0n) is 14.6. The second-order valence-electron chi connectivity index (χ2n) is 6.25. The maximum atomic E-state index is 12.8. The second kappa shape index (κ2) is 7.13. The van der Waals surface area contributed by atoms with Crippen molar-refractivity contribution in [1.29, 1.82) is 0 Å². The number of fused-ring (bicyclic) bond motifs is 1. The molecule has 26 heavy (non-hydrogen) atoms. The summed E-state index contributed by atoms with van der Waals surface area (Å²) in [6, 6.07) is 9.84. The number of amides is 1. The van der Waals surface area contributed by atoms with Gasteiger partial charge in [0.1, 0.15) is 0 Å². The van der Waals surface area contributed by atoms with E-state index in [0.29, 0.717) is 22.9 Å². The fourth-order valence-electron chi connectivity index (χ4n) is 2.83. The van der Waals surface area contributed by atoms with Crippen molar-refractivity contribution in [3.63, 3.8) is 0 Å². The van der Waals surface area contributed by atoms with Gasteiger partial charge in [0.15, 0.2) is 0 Å². The zero-order valence-corrected chi connectivity index (χ0v) is 17.0. The minimum absolute atomic E-state index is 0.102. The summed E-state index contributed by atoms with van der Waals surface area (Å²) in [5.74, 6) is -0.102. The minimum Gasteiger partial charge on any atom is -0.310 e. The molecular weight excluding hydrogens is 392 g/mol. The third kappa shape index (κ3) is 3.84. The average Bonchev–Trinajstić information content (AvgIpc) is 2.56. The van der Waals surface area contributed by atoms with Gasteiger partial charge in [-0.05, 0) is 48.9 Å². The molecule has 0 saturated heterocycles. The van der Waals surface area contributed by atoms with Gasteiger partial charge in [0.2, 0.25) is 5.91 Å². The molecule has 2 aromatic carbocycles. The van der Waals surface area contributed by atoms with Crippen LogP contribution in [0.1, 0.15) is 19.4 Å². The van der Waals surface area contributed by atoms with Gasteiger partial charge in [-0.1, -0.05) is 18.5 Å². The Kier molecular flexibility index (Phi) is 5.23. The van der Waals surface area contributed by atoms with Crippen molar-refractivity contribution in [2.24, 2.45) is 0 Å². The number of nitrogens with one attached hydrogen (secondary N) is 1. The van der Waals surface area contributed by atoms with E-state index in [1.807, 2.05) is 6.92 Å². The molecule has 0 spiro atoms. The highest BCUT2D eigenvalue weighted by Crippen LogP contribution is 2.40. The van der Waals surface area contributed by atoms with E-state index >= 15 is 0 Å². The summed E-state index contributed by atoms with van der Waals surface area (Å²) in [5, 5.41) is 0.797. The Morgan fingerprint density at radius 3 is 2.65 bits per heavy atom. The van der Waals surface area contributed by atoms with Gasteiger partial charge in [-0.2, -0.15) is 0 Å². The number of rotatable bonds is 3. The van der Waals surface area contributed by atoms with Gasteiger partial charge in [0.05, 0.1) is 16.3 Å². The van der Waals surface area contributed by atoms with Crippen LogP contribution >= 0.6 is 23.4 Å². The molecule has 1 N–H and O–H groups in total. The van der Waals surface area contributed by atoms with E-state index in [1.54, 1.807) is 60.0 Å². The summed E-state index contributed by atoms with van der Waals surface area (Å²) in [6.45, 7) is 5.87. The van der Waals surface area contributed by atoms with Crippen LogP contribution in [0.2, 0.25) is 5.02 Å². The number of benzene rings is 2. The summed E-state index contributed by atoms with van der Waals surface area (Å²) >= 11 is 7.56. The van der Waals surface area contributed by atoms with Crippen LogP contribution in [-0.2, 0) is 14.8 Å². The molecule has 0 aromatic heterocycles. The number of hydrogen-bond donors (Lipinski definition) is 1. The third-order valence-electron chi connectivity index (χ3n) is 4.11. The van der Waals surface area contributed by atoms with Gasteiger partial charge < -0.3 is 4.90 Å². The van der Waals surface area contributed by atoms with E-state index in [1.165, 1.54) is 6.92 Å². The number of sulfonamides is 1. The van der Waals surface area contributed by atoms with Gasteiger partial charge >= 0.3 is 0 Å². The van der Waals surface area contributed by atoms with Gasteiger partial charge in [0.25, 0.3) is 10.0 Å². The maximum absolute atomic E-state index is 12.8. The first-order chi connectivity index (χ1) is 12.2. The van der Waals surface area contributed by atoms with Crippen LogP contribution in [0.3, 0.4) is 0 Å². The van der Waals surface area contributed by atoms with Crippen LogP contribution in [-0.4, -0.2) is 26.1 Å². The number of nitrogens with zero attached hydrogens (tertiary/aromatic N) is 1. The van der Waals surface area contributed by atoms with Crippen molar-refractivity contribution >= 4 is 50.7 Å². The lowest BCUT2D eigenvalue weighted by Gasteiger charge is -2.32. The molecule has 8 heteroatoms. The highest BCUT2D eigenvalue weighted by molar-refractivity contribution is 8.00. The summed E-state index contributed by atoms with van der Waals surface area (Å²) < 4.78 is 28.2. The van der Waals surface area contributed by atoms with Gasteiger partial charge in [-0.15, -0.1) is 11.8 Å². The average molecular weight is 411 g/mol. The lowest BCUT2D eigenvalue weighted by molar-refractivity contribution is -0.116. The molecule has 1 atom stereocenters. The molecule has 2 aromatic rings. The van der Waals surface area contributed by atoms with Crippen molar-refractivity contribution in [2.45, 2.75) is 35.8 Å². The van der Waals surface area contributed by atoms with E-state index in [4.69, 9.17) is 11.6 Å². The predicted octanol–water partition coefficient (Wildman–Crippen LogP) is 4.30. The van der Waals surface area contributed by atoms with E-state index in [0.717, 1.165) is 10.5 Å². The fourth-order valence-corrected chi connectivity index (χ4v) is 5.30. The molecular formula is C18H19ClN2O3S2.